The van der Waals surface area contributed by atoms with Gasteiger partial charge in [-0.05, 0) is 49.8 Å². The summed E-state index contributed by atoms with van der Waals surface area (Å²) in [6.07, 6.45) is 5.48. The number of aryl methyl sites for hydroxylation is 1. The molecule has 1 aliphatic rings. The summed E-state index contributed by atoms with van der Waals surface area (Å²) in [5.74, 6) is 1.85. The molecule has 1 saturated carbocycles. The van der Waals surface area contributed by atoms with Crippen LogP contribution in [-0.2, 0) is 0 Å². The van der Waals surface area contributed by atoms with Crippen molar-refractivity contribution >= 4 is 15.9 Å². The Morgan fingerprint density at radius 2 is 2.12 bits per heavy atom. The van der Waals surface area contributed by atoms with Gasteiger partial charge in [0.25, 0.3) is 0 Å². The van der Waals surface area contributed by atoms with Crippen molar-refractivity contribution in [2.75, 3.05) is 0 Å². The van der Waals surface area contributed by atoms with E-state index < -0.39 is 0 Å². The largest absolute Gasteiger partial charge is 0.490 e. The lowest BCUT2D eigenvalue weighted by molar-refractivity contribution is 0.128. The van der Waals surface area contributed by atoms with Gasteiger partial charge in [0, 0.05) is 4.47 Å². The SMILES string of the molecule is Cc1ccc(Br)cc1OC1CCCC(C)C1. The molecule has 0 amide bonds. The molecule has 0 heterocycles. The molecule has 16 heavy (non-hydrogen) atoms. The van der Waals surface area contributed by atoms with Gasteiger partial charge in [0.2, 0.25) is 0 Å². The third kappa shape index (κ3) is 3.00. The van der Waals surface area contributed by atoms with Gasteiger partial charge in [0.05, 0.1) is 6.10 Å². The number of hydrogen-bond acceptors (Lipinski definition) is 1. The molecule has 0 spiro atoms. The summed E-state index contributed by atoms with van der Waals surface area (Å²) in [6, 6.07) is 6.24. The van der Waals surface area contributed by atoms with E-state index >= 15 is 0 Å². The number of benzene rings is 1. The normalized spacial score (nSPS) is 25.4. The van der Waals surface area contributed by atoms with E-state index in [4.69, 9.17) is 4.74 Å². The van der Waals surface area contributed by atoms with Gasteiger partial charge in [-0.3, -0.25) is 0 Å². The standard InChI is InChI=1S/C14H19BrO/c1-10-4-3-5-13(8-10)16-14-9-12(15)7-6-11(14)2/h6-7,9-10,13H,3-5,8H2,1-2H3. The van der Waals surface area contributed by atoms with E-state index in [9.17, 15) is 0 Å². The summed E-state index contributed by atoms with van der Waals surface area (Å²) in [5, 5.41) is 0. The van der Waals surface area contributed by atoms with Crippen LogP contribution >= 0.6 is 15.9 Å². The van der Waals surface area contributed by atoms with E-state index in [1.54, 1.807) is 0 Å². The Labute approximate surface area is 106 Å². The van der Waals surface area contributed by atoms with Gasteiger partial charge in [-0.2, -0.15) is 0 Å². The van der Waals surface area contributed by atoms with Crippen LogP contribution in [-0.4, -0.2) is 6.10 Å². The third-order valence-corrected chi connectivity index (χ3v) is 3.83. The Hall–Kier alpha value is -0.500. The van der Waals surface area contributed by atoms with Crippen molar-refractivity contribution in [3.8, 4) is 5.75 Å². The third-order valence-electron chi connectivity index (χ3n) is 3.33. The molecular formula is C14H19BrO. The Morgan fingerprint density at radius 1 is 1.31 bits per heavy atom. The average Bonchev–Trinajstić information content (AvgIpc) is 2.24. The highest BCUT2D eigenvalue weighted by molar-refractivity contribution is 9.10. The molecule has 1 aromatic carbocycles. The van der Waals surface area contributed by atoms with E-state index in [2.05, 4.69) is 48.0 Å². The average molecular weight is 283 g/mol. The van der Waals surface area contributed by atoms with Crippen molar-refractivity contribution in [3.63, 3.8) is 0 Å². The number of ether oxygens (including phenoxy) is 1. The Bertz CT molecular complexity index is 362. The zero-order valence-electron chi connectivity index (χ0n) is 10.0. The van der Waals surface area contributed by atoms with E-state index in [0.717, 1.165) is 16.1 Å². The number of rotatable bonds is 2. The lowest BCUT2D eigenvalue weighted by atomic mass is 9.88. The van der Waals surface area contributed by atoms with Crippen molar-refractivity contribution in [2.45, 2.75) is 45.6 Å². The van der Waals surface area contributed by atoms with Crippen LogP contribution < -0.4 is 4.74 Å². The summed E-state index contributed by atoms with van der Waals surface area (Å²) in [5.41, 5.74) is 1.22. The molecule has 0 aliphatic heterocycles. The maximum absolute atomic E-state index is 6.11. The second-order valence-corrected chi connectivity index (χ2v) is 5.84. The smallest absolute Gasteiger partial charge is 0.123 e. The number of hydrogen-bond donors (Lipinski definition) is 0. The van der Waals surface area contributed by atoms with Gasteiger partial charge in [0.1, 0.15) is 5.75 Å². The van der Waals surface area contributed by atoms with Crippen LogP contribution in [0.2, 0.25) is 0 Å². The minimum absolute atomic E-state index is 0.414. The van der Waals surface area contributed by atoms with Crippen LogP contribution in [0, 0.1) is 12.8 Å². The molecule has 2 atom stereocenters. The predicted molar refractivity (Wildman–Crippen MR) is 70.9 cm³/mol. The molecule has 0 radical (unpaired) electrons. The van der Waals surface area contributed by atoms with E-state index in [1.807, 2.05) is 0 Å². The van der Waals surface area contributed by atoms with Crippen LogP contribution in [0.1, 0.15) is 38.2 Å². The van der Waals surface area contributed by atoms with E-state index in [-0.39, 0.29) is 0 Å². The highest BCUT2D eigenvalue weighted by Crippen LogP contribution is 2.30. The molecular weight excluding hydrogens is 264 g/mol. The first-order valence-corrected chi connectivity index (χ1v) is 6.87. The first-order valence-electron chi connectivity index (χ1n) is 6.08. The molecule has 1 fully saturated rings. The molecule has 1 aliphatic carbocycles. The number of halogens is 1. The molecule has 0 aromatic heterocycles. The first kappa shape index (κ1) is 12.0. The van der Waals surface area contributed by atoms with Crippen LogP contribution in [0.4, 0.5) is 0 Å². The van der Waals surface area contributed by atoms with Crippen LogP contribution in [0.15, 0.2) is 22.7 Å². The van der Waals surface area contributed by atoms with Crippen molar-refractivity contribution in [1.29, 1.82) is 0 Å². The van der Waals surface area contributed by atoms with Crippen LogP contribution in [0.5, 0.6) is 5.75 Å². The maximum atomic E-state index is 6.11. The predicted octanol–water partition coefficient (Wildman–Crippen LogP) is 4.72. The maximum Gasteiger partial charge on any atom is 0.123 e. The second-order valence-electron chi connectivity index (χ2n) is 4.92. The minimum atomic E-state index is 0.414. The van der Waals surface area contributed by atoms with Crippen molar-refractivity contribution in [3.05, 3.63) is 28.2 Å². The van der Waals surface area contributed by atoms with Gasteiger partial charge in [0.15, 0.2) is 0 Å². The van der Waals surface area contributed by atoms with Gasteiger partial charge in [-0.25, -0.2) is 0 Å². The van der Waals surface area contributed by atoms with Crippen LogP contribution in [0.3, 0.4) is 0 Å². The summed E-state index contributed by atoms with van der Waals surface area (Å²) in [6.45, 7) is 4.43. The quantitative estimate of drug-likeness (QED) is 0.763. The fourth-order valence-electron chi connectivity index (χ4n) is 2.37. The fraction of sp³-hybridized carbons (Fsp3) is 0.571. The van der Waals surface area contributed by atoms with Crippen molar-refractivity contribution in [2.24, 2.45) is 5.92 Å². The van der Waals surface area contributed by atoms with Gasteiger partial charge < -0.3 is 4.74 Å². The highest BCUT2D eigenvalue weighted by Gasteiger charge is 2.20. The molecule has 88 valence electrons. The molecule has 1 aromatic rings. The lowest BCUT2D eigenvalue weighted by Crippen LogP contribution is -2.24. The Balaban J connectivity index is 2.05. The summed E-state index contributed by atoms with van der Waals surface area (Å²) >= 11 is 3.49. The Kier molecular flexibility index (Phi) is 3.91. The fourth-order valence-corrected chi connectivity index (χ4v) is 2.71. The van der Waals surface area contributed by atoms with E-state index in [0.29, 0.717) is 6.10 Å². The Morgan fingerprint density at radius 3 is 2.88 bits per heavy atom. The minimum Gasteiger partial charge on any atom is -0.490 e. The molecule has 0 saturated heterocycles. The summed E-state index contributed by atoms with van der Waals surface area (Å²) < 4.78 is 7.20. The van der Waals surface area contributed by atoms with Gasteiger partial charge in [-0.1, -0.05) is 35.3 Å². The zero-order chi connectivity index (χ0) is 11.5. The lowest BCUT2D eigenvalue weighted by Gasteiger charge is -2.28. The summed E-state index contributed by atoms with van der Waals surface area (Å²) in [7, 11) is 0. The van der Waals surface area contributed by atoms with E-state index in [1.165, 1.54) is 31.2 Å². The molecule has 0 bridgehead atoms. The molecule has 2 rings (SSSR count). The summed E-state index contributed by atoms with van der Waals surface area (Å²) in [4.78, 5) is 0. The first-order chi connectivity index (χ1) is 7.65. The monoisotopic (exact) mass is 282 g/mol. The molecule has 2 unspecified atom stereocenters. The highest BCUT2D eigenvalue weighted by atomic mass is 79.9. The van der Waals surface area contributed by atoms with Gasteiger partial charge >= 0.3 is 0 Å². The molecule has 0 N–H and O–H groups in total. The molecule has 1 nitrogen and oxygen atoms in total. The van der Waals surface area contributed by atoms with Crippen molar-refractivity contribution in [1.82, 2.24) is 0 Å². The zero-order valence-corrected chi connectivity index (χ0v) is 11.6. The van der Waals surface area contributed by atoms with Gasteiger partial charge in [-0.15, -0.1) is 0 Å². The van der Waals surface area contributed by atoms with Crippen molar-refractivity contribution < 1.29 is 4.74 Å². The molecule has 2 heteroatoms. The topological polar surface area (TPSA) is 9.23 Å². The van der Waals surface area contributed by atoms with Crippen LogP contribution in [0.25, 0.3) is 0 Å². The second kappa shape index (κ2) is 5.22.